The lowest BCUT2D eigenvalue weighted by Crippen LogP contribution is -2.41. The Morgan fingerprint density at radius 2 is 1.80 bits per heavy atom. The van der Waals surface area contributed by atoms with Crippen LogP contribution in [0.1, 0.15) is 60.8 Å². The maximum absolute atomic E-state index is 2.75. The molecular weight excluding hydrogens is 182 g/mol. The molecule has 1 unspecified atom stereocenters. The van der Waals surface area contributed by atoms with E-state index >= 15 is 0 Å². The fourth-order valence-corrected chi connectivity index (χ4v) is 2.70. The lowest BCUT2D eigenvalue weighted by molar-refractivity contribution is 0.122. The highest BCUT2D eigenvalue weighted by atomic mass is 15.2. The molecule has 0 aromatic carbocycles. The summed E-state index contributed by atoms with van der Waals surface area (Å²) in [6, 6.07) is 1.59. The Bertz CT molecular complexity index is 190. The second-order valence-electron chi connectivity index (χ2n) is 6.78. The number of rotatable bonds is 3. The zero-order chi connectivity index (χ0) is 11.6. The van der Waals surface area contributed by atoms with E-state index < -0.39 is 0 Å². The van der Waals surface area contributed by atoms with Gasteiger partial charge in [-0.2, -0.15) is 0 Å². The van der Waals surface area contributed by atoms with Gasteiger partial charge in [0, 0.05) is 12.1 Å². The number of nitrogens with zero attached hydrogens (tertiary/aromatic N) is 1. The Hall–Kier alpha value is -0.0400. The van der Waals surface area contributed by atoms with Crippen molar-refractivity contribution < 1.29 is 0 Å². The van der Waals surface area contributed by atoms with Crippen molar-refractivity contribution in [3.63, 3.8) is 0 Å². The standard InChI is InChI=1S/C14H29N/c1-11(2)12(3)15-9-7-8-13(15)10-14(4,5)6/h11-13H,7-10H2,1-6H3/t12?,13-/m1/s1. The van der Waals surface area contributed by atoms with Crippen molar-refractivity contribution in [2.24, 2.45) is 11.3 Å². The fraction of sp³-hybridized carbons (Fsp3) is 1.00. The second-order valence-corrected chi connectivity index (χ2v) is 6.78. The van der Waals surface area contributed by atoms with Gasteiger partial charge in [0.15, 0.2) is 0 Å². The van der Waals surface area contributed by atoms with Crippen molar-refractivity contribution in [3.8, 4) is 0 Å². The molecule has 0 spiro atoms. The molecule has 0 bridgehead atoms. The average Bonchev–Trinajstić information content (AvgIpc) is 2.47. The van der Waals surface area contributed by atoms with Crippen LogP contribution in [0.2, 0.25) is 0 Å². The van der Waals surface area contributed by atoms with Crippen LogP contribution in [0.15, 0.2) is 0 Å². The molecule has 15 heavy (non-hydrogen) atoms. The van der Waals surface area contributed by atoms with Crippen LogP contribution in [-0.2, 0) is 0 Å². The van der Waals surface area contributed by atoms with E-state index in [-0.39, 0.29) is 0 Å². The Balaban J connectivity index is 2.57. The topological polar surface area (TPSA) is 3.24 Å². The van der Waals surface area contributed by atoms with Gasteiger partial charge >= 0.3 is 0 Å². The molecule has 0 N–H and O–H groups in total. The Morgan fingerprint density at radius 1 is 1.20 bits per heavy atom. The Labute approximate surface area is 96.2 Å². The first-order valence-corrected chi connectivity index (χ1v) is 6.57. The minimum Gasteiger partial charge on any atom is -0.297 e. The number of hydrogen-bond donors (Lipinski definition) is 0. The van der Waals surface area contributed by atoms with Crippen molar-refractivity contribution in [1.29, 1.82) is 0 Å². The van der Waals surface area contributed by atoms with E-state index in [1.807, 2.05) is 0 Å². The molecule has 0 radical (unpaired) electrons. The third kappa shape index (κ3) is 3.79. The SMILES string of the molecule is CC(C)C(C)N1CCC[C@@H]1CC(C)(C)C. The molecule has 0 aliphatic carbocycles. The molecule has 1 fully saturated rings. The average molecular weight is 211 g/mol. The highest BCUT2D eigenvalue weighted by Crippen LogP contribution is 2.32. The predicted octanol–water partition coefficient (Wildman–Crippen LogP) is 3.93. The summed E-state index contributed by atoms with van der Waals surface area (Å²) in [5, 5.41) is 0. The minimum atomic E-state index is 0.476. The first-order chi connectivity index (χ1) is 6.81. The molecule has 1 heteroatoms. The van der Waals surface area contributed by atoms with E-state index in [9.17, 15) is 0 Å². The van der Waals surface area contributed by atoms with Crippen molar-refractivity contribution in [2.45, 2.75) is 72.9 Å². The molecule has 1 rings (SSSR count). The molecular formula is C14H29N. The molecule has 1 nitrogen and oxygen atoms in total. The van der Waals surface area contributed by atoms with Gasteiger partial charge in [0.2, 0.25) is 0 Å². The molecule has 1 aliphatic heterocycles. The van der Waals surface area contributed by atoms with Gasteiger partial charge in [0.25, 0.3) is 0 Å². The number of likely N-dealkylation sites (tertiary alicyclic amines) is 1. The molecule has 0 saturated carbocycles. The minimum absolute atomic E-state index is 0.476. The molecule has 0 aromatic rings. The normalized spacial score (nSPS) is 26.2. The lowest BCUT2D eigenvalue weighted by atomic mass is 9.86. The van der Waals surface area contributed by atoms with Gasteiger partial charge in [-0.25, -0.2) is 0 Å². The summed E-state index contributed by atoms with van der Waals surface area (Å²) in [4.78, 5) is 2.75. The van der Waals surface area contributed by atoms with Crippen LogP contribution >= 0.6 is 0 Å². The van der Waals surface area contributed by atoms with Crippen molar-refractivity contribution in [2.75, 3.05) is 6.54 Å². The third-order valence-corrected chi connectivity index (χ3v) is 3.76. The van der Waals surface area contributed by atoms with Gasteiger partial charge in [-0.3, -0.25) is 4.90 Å². The van der Waals surface area contributed by atoms with E-state index in [1.165, 1.54) is 25.8 Å². The van der Waals surface area contributed by atoms with E-state index in [1.54, 1.807) is 0 Å². The first-order valence-electron chi connectivity index (χ1n) is 6.57. The predicted molar refractivity (Wildman–Crippen MR) is 68.1 cm³/mol. The zero-order valence-electron chi connectivity index (χ0n) is 11.5. The summed E-state index contributed by atoms with van der Waals surface area (Å²) in [5.41, 5.74) is 0.476. The van der Waals surface area contributed by atoms with Crippen LogP contribution in [0.5, 0.6) is 0 Å². The molecule has 1 aliphatic rings. The summed E-state index contributed by atoms with van der Waals surface area (Å²) in [6.45, 7) is 15.5. The van der Waals surface area contributed by atoms with Gasteiger partial charge in [0.05, 0.1) is 0 Å². The summed E-state index contributed by atoms with van der Waals surface area (Å²) >= 11 is 0. The first kappa shape index (κ1) is 13.0. The summed E-state index contributed by atoms with van der Waals surface area (Å²) < 4.78 is 0. The van der Waals surface area contributed by atoms with Crippen LogP contribution in [0.4, 0.5) is 0 Å². The third-order valence-electron chi connectivity index (χ3n) is 3.76. The fourth-order valence-electron chi connectivity index (χ4n) is 2.70. The van der Waals surface area contributed by atoms with Crippen LogP contribution in [0, 0.1) is 11.3 Å². The van der Waals surface area contributed by atoms with E-state index in [4.69, 9.17) is 0 Å². The van der Waals surface area contributed by atoms with Gasteiger partial charge in [-0.05, 0) is 44.1 Å². The second kappa shape index (κ2) is 4.86. The molecule has 0 aromatic heterocycles. The van der Waals surface area contributed by atoms with Crippen LogP contribution < -0.4 is 0 Å². The molecule has 0 amide bonds. The largest absolute Gasteiger partial charge is 0.297 e. The van der Waals surface area contributed by atoms with Gasteiger partial charge < -0.3 is 0 Å². The summed E-state index contributed by atoms with van der Waals surface area (Å²) in [5.74, 6) is 0.783. The highest BCUT2D eigenvalue weighted by molar-refractivity contribution is 4.86. The highest BCUT2D eigenvalue weighted by Gasteiger charge is 2.32. The Morgan fingerprint density at radius 3 is 2.27 bits per heavy atom. The van der Waals surface area contributed by atoms with Gasteiger partial charge in [0.1, 0.15) is 0 Å². The van der Waals surface area contributed by atoms with Crippen LogP contribution in [0.3, 0.4) is 0 Å². The van der Waals surface area contributed by atoms with Crippen molar-refractivity contribution in [3.05, 3.63) is 0 Å². The Kier molecular flexibility index (Phi) is 4.22. The number of hydrogen-bond acceptors (Lipinski definition) is 1. The van der Waals surface area contributed by atoms with E-state index in [2.05, 4.69) is 46.4 Å². The molecule has 1 heterocycles. The monoisotopic (exact) mass is 211 g/mol. The lowest BCUT2D eigenvalue weighted by Gasteiger charge is -2.36. The smallest absolute Gasteiger partial charge is 0.0104 e. The van der Waals surface area contributed by atoms with Crippen LogP contribution in [-0.4, -0.2) is 23.5 Å². The van der Waals surface area contributed by atoms with Crippen molar-refractivity contribution >= 4 is 0 Å². The molecule has 2 atom stereocenters. The van der Waals surface area contributed by atoms with E-state index in [0.717, 1.165) is 18.0 Å². The van der Waals surface area contributed by atoms with Gasteiger partial charge in [-0.1, -0.05) is 34.6 Å². The maximum atomic E-state index is 2.75. The molecule has 90 valence electrons. The van der Waals surface area contributed by atoms with Crippen molar-refractivity contribution in [1.82, 2.24) is 4.90 Å². The summed E-state index contributed by atoms with van der Waals surface area (Å²) in [7, 11) is 0. The zero-order valence-corrected chi connectivity index (χ0v) is 11.5. The quantitative estimate of drug-likeness (QED) is 0.683. The summed E-state index contributed by atoms with van der Waals surface area (Å²) in [6.07, 6.45) is 4.16. The van der Waals surface area contributed by atoms with Gasteiger partial charge in [-0.15, -0.1) is 0 Å². The van der Waals surface area contributed by atoms with E-state index in [0.29, 0.717) is 5.41 Å². The van der Waals surface area contributed by atoms with Crippen LogP contribution in [0.25, 0.3) is 0 Å². The molecule has 1 saturated heterocycles. The maximum Gasteiger partial charge on any atom is 0.0104 e.